The minimum atomic E-state index is -0.633. The van der Waals surface area contributed by atoms with E-state index in [-0.39, 0.29) is 11.8 Å². The van der Waals surface area contributed by atoms with Crippen molar-refractivity contribution in [2.75, 3.05) is 19.6 Å². The van der Waals surface area contributed by atoms with Gasteiger partial charge < -0.3 is 10.6 Å². The van der Waals surface area contributed by atoms with Gasteiger partial charge in [0.25, 0.3) is 5.91 Å². The summed E-state index contributed by atoms with van der Waals surface area (Å²) in [7, 11) is 0. The maximum Gasteiger partial charge on any atom is 0.257 e. The Bertz CT molecular complexity index is 623. The molecule has 0 atom stereocenters. The number of piperidine rings is 1. The lowest BCUT2D eigenvalue weighted by Crippen LogP contribution is -2.48. The standard InChI is InChI=1S/C25H44N4O2/c1-3-5-15-25(16-6-4-2)23(31)29(24(26)27-25)19-20-13-17-28(18-14-20)22(30)21-11-9-7-8-10-12-21/h20-21H,3-19H2,1-2H3,(H2,26,27). The fourth-order valence-electron chi connectivity index (χ4n) is 5.63. The minimum absolute atomic E-state index is 0.115. The number of carbonyl (C=O) groups is 2. The van der Waals surface area contributed by atoms with Gasteiger partial charge in [-0.1, -0.05) is 65.2 Å². The van der Waals surface area contributed by atoms with E-state index < -0.39 is 5.54 Å². The molecule has 0 unspecified atom stereocenters. The zero-order valence-electron chi connectivity index (χ0n) is 19.9. The molecule has 0 aromatic heterocycles. The SMILES string of the molecule is CCCCC1(CCCC)N=C(N)N(CC2CCN(C(=O)C3CCCCCC3)CC2)C1=O. The van der Waals surface area contributed by atoms with Crippen molar-refractivity contribution >= 4 is 17.8 Å². The summed E-state index contributed by atoms with van der Waals surface area (Å²) in [5, 5.41) is 0. The van der Waals surface area contributed by atoms with Crippen molar-refractivity contribution in [3.05, 3.63) is 0 Å². The van der Waals surface area contributed by atoms with Gasteiger partial charge in [0.1, 0.15) is 5.54 Å². The first kappa shape index (κ1) is 24.1. The molecule has 3 rings (SSSR count). The summed E-state index contributed by atoms with van der Waals surface area (Å²) in [6.07, 6.45) is 14.7. The summed E-state index contributed by atoms with van der Waals surface area (Å²) >= 11 is 0. The van der Waals surface area contributed by atoms with E-state index in [2.05, 4.69) is 18.7 Å². The second-order valence-electron chi connectivity index (χ2n) is 10.1. The zero-order chi connectivity index (χ0) is 22.3. The van der Waals surface area contributed by atoms with Crippen LogP contribution in [0, 0.1) is 11.8 Å². The Balaban J connectivity index is 1.54. The largest absolute Gasteiger partial charge is 0.369 e. The Morgan fingerprint density at radius 1 is 1.00 bits per heavy atom. The molecular weight excluding hydrogens is 388 g/mol. The third-order valence-corrected chi connectivity index (χ3v) is 7.71. The summed E-state index contributed by atoms with van der Waals surface area (Å²) in [6, 6.07) is 0. The van der Waals surface area contributed by atoms with Crippen LogP contribution in [-0.4, -0.2) is 52.7 Å². The van der Waals surface area contributed by atoms with E-state index in [9.17, 15) is 9.59 Å². The number of hydrogen-bond acceptors (Lipinski definition) is 4. The van der Waals surface area contributed by atoms with Crippen molar-refractivity contribution in [3.8, 4) is 0 Å². The number of hydrogen-bond donors (Lipinski definition) is 1. The third kappa shape index (κ3) is 5.81. The van der Waals surface area contributed by atoms with Gasteiger partial charge in [0, 0.05) is 25.6 Å². The van der Waals surface area contributed by atoms with Crippen LogP contribution in [0.25, 0.3) is 0 Å². The number of carbonyl (C=O) groups excluding carboxylic acids is 2. The average Bonchev–Trinajstić information content (AvgIpc) is 2.97. The van der Waals surface area contributed by atoms with Crippen molar-refractivity contribution in [2.24, 2.45) is 22.6 Å². The lowest BCUT2D eigenvalue weighted by molar-refractivity contribution is -0.138. The highest BCUT2D eigenvalue weighted by Gasteiger charge is 2.47. The Labute approximate surface area is 189 Å². The molecule has 6 heteroatoms. The van der Waals surface area contributed by atoms with Gasteiger partial charge in [-0.3, -0.25) is 14.5 Å². The lowest BCUT2D eigenvalue weighted by atomic mass is 9.86. The van der Waals surface area contributed by atoms with Crippen LogP contribution in [0.3, 0.4) is 0 Å². The van der Waals surface area contributed by atoms with Crippen molar-refractivity contribution in [1.82, 2.24) is 9.80 Å². The van der Waals surface area contributed by atoms with Crippen LogP contribution in [0.5, 0.6) is 0 Å². The van der Waals surface area contributed by atoms with Crippen LogP contribution in [0.4, 0.5) is 0 Å². The molecule has 2 heterocycles. The molecule has 0 bridgehead atoms. The fourth-order valence-corrected chi connectivity index (χ4v) is 5.63. The van der Waals surface area contributed by atoms with E-state index in [0.717, 1.165) is 77.3 Å². The fraction of sp³-hybridized carbons (Fsp3) is 0.880. The molecule has 0 radical (unpaired) electrons. The number of likely N-dealkylation sites (tertiary alicyclic amines) is 1. The number of nitrogens with zero attached hydrogens (tertiary/aromatic N) is 3. The van der Waals surface area contributed by atoms with Gasteiger partial charge in [-0.2, -0.15) is 0 Å². The zero-order valence-corrected chi connectivity index (χ0v) is 19.9. The molecule has 1 saturated heterocycles. The van der Waals surface area contributed by atoms with Gasteiger partial charge in [-0.25, -0.2) is 4.99 Å². The Morgan fingerprint density at radius 2 is 1.58 bits per heavy atom. The van der Waals surface area contributed by atoms with Crippen LogP contribution < -0.4 is 5.73 Å². The molecule has 6 nitrogen and oxygen atoms in total. The Kier molecular flexibility index (Phi) is 8.79. The molecule has 3 aliphatic rings. The van der Waals surface area contributed by atoms with Crippen LogP contribution in [0.1, 0.15) is 104 Å². The molecule has 2 N–H and O–H groups in total. The highest BCUT2D eigenvalue weighted by Crippen LogP contribution is 2.34. The molecule has 31 heavy (non-hydrogen) atoms. The van der Waals surface area contributed by atoms with Gasteiger partial charge in [0.15, 0.2) is 5.96 Å². The number of guanidine groups is 1. The van der Waals surface area contributed by atoms with Crippen molar-refractivity contribution in [2.45, 2.75) is 109 Å². The molecule has 1 aliphatic carbocycles. The monoisotopic (exact) mass is 432 g/mol. The third-order valence-electron chi connectivity index (χ3n) is 7.71. The van der Waals surface area contributed by atoms with Gasteiger partial charge in [-0.05, 0) is 44.4 Å². The molecule has 2 aliphatic heterocycles. The molecule has 0 aromatic rings. The second kappa shape index (κ2) is 11.3. The first-order valence-electron chi connectivity index (χ1n) is 13.0. The van der Waals surface area contributed by atoms with Gasteiger partial charge in [0.05, 0.1) is 0 Å². The smallest absolute Gasteiger partial charge is 0.257 e. The topological polar surface area (TPSA) is 79.0 Å². The number of unbranched alkanes of at least 4 members (excludes halogenated alkanes) is 2. The Morgan fingerprint density at radius 3 is 2.13 bits per heavy atom. The number of rotatable bonds is 9. The van der Waals surface area contributed by atoms with E-state index in [0.29, 0.717) is 24.3 Å². The highest BCUT2D eigenvalue weighted by atomic mass is 16.2. The van der Waals surface area contributed by atoms with E-state index in [1.54, 1.807) is 4.90 Å². The van der Waals surface area contributed by atoms with E-state index in [1.165, 1.54) is 25.7 Å². The summed E-state index contributed by atoms with van der Waals surface area (Å²) in [5.41, 5.74) is 5.65. The van der Waals surface area contributed by atoms with E-state index >= 15 is 0 Å². The quantitative estimate of drug-likeness (QED) is 0.546. The second-order valence-corrected chi connectivity index (χ2v) is 10.1. The van der Waals surface area contributed by atoms with Crippen LogP contribution in [0.15, 0.2) is 4.99 Å². The summed E-state index contributed by atoms with van der Waals surface area (Å²) < 4.78 is 0. The number of aliphatic imine (C=N–C) groups is 1. The van der Waals surface area contributed by atoms with Crippen LogP contribution in [0.2, 0.25) is 0 Å². The summed E-state index contributed by atoms with van der Waals surface area (Å²) in [5.74, 6) is 1.53. The predicted octanol–water partition coefficient (Wildman–Crippen LogP) is 4.47. The summed E-state index contributed by atoms with van der Waals surface area (Å²) in [6.45, 7) is 6.59. The molecule has 0 spiro atoms. The van der Waals surface area contributed by atoms with E-state index in [4.69, 9.17) is 10.7 Å². The van der Waals surface area contributed by atoms with Crippen LogP contribution in [-0.2, 0) is 9.59 Å². The predicted molar refractivity (Wildman–Crippen MR) is 126 cm³/mol. The molecule has 0 aromatic carbocycles. The van der Waals surface area contributed by atoms with Gasteiger partial charge >= 0.3 is 0 Å². The van der Waals surface area contributed by atoms with Crippen molar-refractivity contribution in [1.29, 1.82) is 0 Å². The van der Waals surface area contributed by atoms with E-state index in [1.807, 2.05) is 0 Å². The van der Waals surface area contributed by atoms with Crippen molar-refractivity contribution < 1.29 is 9.59 Å². The lowest BCUT2D eigenvalue weighted by Gasteiger charge is -2.36. The van der Waals surface area contributed by atoms with Gasteiger partial charge in [0.2, 0.25) is 5.91 Å². The number of amides is 2. The molecule has 2 fully saturated rings. The first-order valence-corrected chi connectivity index (χ1v) is 13.0. The van der Waals surface area contributed by atoms with Crippen LogP contribution >= 0.6 is 0 Å². The molecule has 2 amide bonds. The maximum atomic E-state index is 13.4. The minimum Gasteiger partial charge on any atom is -0.369 e. The normalized spacial score (nSPS) is 23.2. The average molecular weight is 433 g/mol. The molecular formula is C25H44N4O2. The Hall–Kier alpha value is -1.59. The highest BCUT2D eigenvalue weighted by molar-refractivity contribution is 6.06. The first-order chi connectivity index (χ1) is 15.0. The summed E-state index contributed by atoms with van der Waals surface area (Å²) in [4.78, 5) is 35.0. The molecule has 1 saturated carbocycles. The van der Waals surface area contributed by atoms with Gasteiger partial charge in [-0.15, -0.1) is 0 Å². The number of nitrogens with two attached hydrogens (primary N) is 1. The molecule has 176 valence electrons. The maximum absolute atomic E-state index is 13.4. The van der Waals surface area contributed by atoms with Crippen molar-refractivity contribution in [3.63, 3.8) is 0 Å².